The molecule has 0 aromatic carbocycles. The van der Waals surface area contributed by atoms with E-state index >= 15 is 0 Å². The Labute approximate surface area is 161 Å². The highest BCUT2D eigenvalue weighted by Gasteiger charge is 2.52. The zero-order valence-electron chi connectivity index (χ0n) is 16.5. The molecule has 3 heterocycles. The largest absolute Gasteiger partial charge is 0.383 e. The zero-order chi connectivity index (χ0) is 19.0. The van der Waals surface area contributed by atoms with Crippen molar-refractivity contribution >= 4 is 5.95 Å². The molecule has 1 N–H and O–H groups in total. The maximum atomic E-state index is 11.7. The van der Waals surface area contributed by atoms with Gasteiger partial charge in [-0.1, -0.05) is 12.5 Å². The molecule has 1 saturated carbocycles. The van der Waals surface area contributed by atoms with Crippen LogP contribution in [0.2, 0.25) is 0 Å². The summed E-state index contributed by atoms with van der Waals surface area (Å²) in [4.78, 5) is 17.8. The number of aromatic nitrogens is 3. The summed E-state index contributed by atoms with van der Waals surface area (Å²) in [5.41, 5.74) is 2.30. The first-order valence-corrected chi connectivity index (χ1v) is 9.83. The van der Waals surface area contributed by atoms with Crippen LogP contribution in [-0.2, 0) is 12.1 Å². The van der Waals surface area contributed by atoms with Gasteiger partial charge in [0.1, 0.15) is 5.60 Å². The SMILES string of the molecule is Cc1ccc(C2(O)C3CCCC2CN(Cc2cnc(N(C)C)nc2)C3)nc1. The number of nitrogens with zero attached hydrogens (tertiary/aromatic N) is 5. The average molecular weight is 367 g/mol. The summed E-state index contributed by atoms with van der Waals surface area (Å²) in [5.74, 6) is 1.18. The molecule has 2 aromatic heterocycles. The number of hydrogen-bond donors (Lipinski definition) is 1. The number of aliphatic hydroxyl groups is 1. The third-order valence-corrected chi connectivity index (χ3v) is 6.13. The molecule has 1 saturated heterocycles. The number of piperidine rings is 1. The van der Waals surface area contributed by atoms with Crippen LogP contribution in [0.3, 0.4) is 0 Å². The molecule has 2 unspecified atom stereocenters. The van der Waals surface area contributed by atoms with Gasteiger partial charge in [-0.3, -0.25) is 9.88 Å². The predicted molar refractivity (Wildman–Crippen MR) is 105 cm³/mol. The van der Waals surface area contributed by atoms with E-state index in [0.717, 1.165) is 55.2 Å². The van der Waals surface area contributed by atoms with E-state index in [1.54, 1.807) is 0 Å². The Hall–Kier alpha value is -2.05. The van der Waals surface area contributed by atoms with E-state index in [0.29, 0.717) is 0 Å². The van der Waals surface area contributed by atoms with Crippen LogP contribution in [-0.4, -0.2) is 52.1 Å². The van der Waals surface area contributed by atoms with E-state index in [2.05, 4.69) is 25.9 Å². The fourth-order valence-electron chi connectivity index (χ4n) is 4.71. The van der Waals surface area contributed by atoms with Crippen LogP contribution < -0.4 is 4.90 Å². The quantitative estimate of drug-likeness (QED) is 0.895. The van der Waals surface area contributed by atoms with E-state index < -0.39 is 5.60 Å². The summed E-state index contributed by atoms with van der Waals surface area (Å²) >= 11 is 0. The molecule has 0 radical (unpaired) electrons. The Bertz CT molecular complexity index is 760. The van der Waals surface area contributed by atoms with Crippen molar-refractivity contribution in [3.05, 3.63) is 47.5 Å². The molecule has 6 heteroatoms. The summed E-state index contributed by atoms with van der Waals surface area (Å²) in [6.07, 6.45) is 9.00. The molecular weight excluding hydrogens is 338 g/mol. The molecule has 2 bridgehead atoms. The molecule has 2 aromatic rings. The number of hydrogen-bond acceptors (Lipinski definition) is 6. The number of likely N-dealkylation sites (tertiary alicyclic amines) is 1. The van der Waals surface area contributed by atoms with Crippen molar-refractivity contribution in [3.8, 4) is 0 Å². The second-order valence-electron chi connectivity index (χ2n) is 8.35. The number of fused-ring (bicyclic) bond motifs is 2. The summed E-state index contributed by atoms with van der Waals surface area (Å²) < 4.78 is 0. The molecule has 0 amide bonds. The van der Waals surface area contributed by atoms with E-state index in [4.69, 9.17) is 0 Å². The van der Waals surface area contributed by atoms with Crippen LogP contribution in [0.5, 0.6) is 0 Å². The lowest BCUT2D eigenvalue weighted by Gasteiger charge is -2.52. The second kappa shape index (κ2) is 7.17. The van der Waals surface area contributed by atoms with Gasteiger partial charge in [-0.25, -0.2) is 9.97 Å². The third kappa shape index (κ3) is 3.44. The molecule has 2 aliphatic rings. The second-order valence-corrected chi connectivity index (χ2v) is 8.35. The van der Waals surface area contributed by atoms with Gasteiger partial charge < -0.3 is 10.0 Å². The maximum absolute atomic E-state index is 11.7. The summed E-state index contributed by atoms with van der Waals surface area (Å²) in [5, 5.41) is 11.7. The van der Waals surface area contributed by atoms with Crippen molar-refractivity contribution in [1.82, 2.24) is 19.9 Å². The Morgan fingerprint density at radius 1 is 1.07 bits per heavy atom. The lowest BCUT2D eigenvalue weighted by atomic mass is 9.64. The lowest BCUT2D eigenvalue weighted by molar-refractivity contribution is -0.151. The van der Waals surface area contributed by atoms with Crippen molar-refractivity contribution in [2.24, 2.45) is 11.8 Å². The average Bonchev–Trinajstić information content (AvgIpc) is 2.63. The highest BCUT2D eigenvalue weighted by atomic mass is 16.3. The van der Waals surface area contributed by atoms with Gasteiger partial charge in [0.05, 0.1) is 5.69 Å². The summed E-state index contributed by atoms with van der Waals surface area (Å²) in [6.45, 7) is 4.64. The number of aryl methyl sites for hydroxylation is 1. The van der Waals surface area contributed by atoms with E-state index in [-0.39, 0.29) is 11.8 Å². The monoisotopic (exact) mass is 367 g/mol. The summed E-state index contributed by atoms with van der Waals surface area (Å²) in [6, 6.07) is 4.08. The van der Waals surface area contributed by atoms with Gasteiger partial charge in [0.2, 0.25) is 5.95 Å². The minimum atomic E-state index is -0.798. The van der Waals surface area contributed by atoms with Gasteiger partial charge in [0, 0.05) is 69.7 Å². The Kier molecular flexibility index (Phi) is 4.86. The van der Waals surface area contributed by atoms with Crippen LogP contribution in [0.4, 0.5) is 5.95 Å². The molecule has 2 fully saturated rings. The first-order chi connectivity index (χ1) is 13.0. The lowest BCUT2D eigenvalue weighted by Crippen LogP contribution is -2.58. The zero-order valence-corrected chi connectivity index (χ0v) is 16.5. The Balaban J connectivity index is 1.51. The van der Waals surface area contributed by atoms with Gasteiger partial charge in [-0.15, -0.1) is 0 Å². The number of anilines is 1. The Morgan fingerprint density at radius 3 is 2.30 bits per heavy atom. The van der Waals surface area contributed by atoms with Gasteiger partial charge in [-0.2, -0.15) is 0 Å². The van der Waals surface area contributed by atoms with Crippen molar-refractivity contribution in [3.63, 3.8) is 0 Å². The number of rotatable bonds is 4. The predicted octanol–water partition coefficient (Wildman–Crippen LogP) is 2.37. The van der Waals surface area contributed by atoms with Gasteiger partial charge >= 0.3 is 0 Å². The molecule has 6 nitrogen and oxygen atoms in total. The van der Waals surface area contributed by atoms with Gasteiger partial charge in [-0.05, 0) is 31.4 Å². The van der Waals surface area contributed by atoms with Gasteiger partial charge in [0.25, 0.3) is 0 Å². The van der Waals surface area contributed by atoms with Crippen molar-refractivity contribution < 1.29 is 5.11 Å². The first-order valence-electron chi connectivity index (χ1n) is 9.83. The fourth-order valence-corrected chi connectivity index (χ4v) is 4.71. The first kappa shape index (κ1) is 18.3. The van der Waals surface area contributed by atoms with Crippen LogP contribution in [0, 0.1) is 18.8 Å². The molecule has 27 heavy (non-hydrogen) atoms. The van der Waals surface area contributed by atoms with Gasteiger partial charge in [0.15, 0.2) is 0 Å². The normalized spacial score (nSPS) is 28.1. The smallest absolute Gasteiger partial charge is 0.224 e. The van der Waals surface area contributed by atoms with E-state index in [1.165, 1.54) is 6.42 Å². The topological polar surface area (TPSA) is 65.4 Å². The van der Waals surface area contributed by atoms with Crippen LogP contribution in [0.1, 0.15) is 36.1 Å². The molecule has 144 valence electrons. The van der Waals surface area contributed by atoms with Crippen LogP contribution in [0.15, 0.2) is 30.7 Å². The highest BCUT2D eigenvalue weighted by molar-refractivity contribution is 5.27. The van der Waals surface area contributed by atoms with E-state index in [9.17, 15) is 5.11 Å². The molecule has 4 rings (SSSR count). The molecule has 1 aliphatic heterocycles. The Morgan fingerprint density at radius 2 is 1.74 bits per heavy atom. The minimum absolute atomic E-state index is 0.224. The highest BCUT2D eigenvalue weighted by Crippen LogP contribution is 2.48. The van der Waals surface area contributed by atoms with Crippen LogP contribution in [0.25, 0.3) is 0 Å². The van der Waals surface area contributed by atoms with Crippen molar-refractivity contribution in [2.45, 2.75) is 38.3 Å². The summed E-state index contributed by atoms with van der Waals surface area (Å²) in [7, 11) is 3.89. The third-order valence-electron chi connectivity index (χ3n) is 6.13. The van der Waals surface area contributed by atoms with E-state index in [1.807, 2.05) is 50.6 Å². The van der Waals surface area contributed by atoms with Crippen LogP contribution >= 0.6 is 0 Å². The van der Waals surface area contributed by atoms with Crippen molar-refractivity contribution in [2.75, 3.05) is 32.1 Å². The minimum Gasteiger partial charge on any atom is -0.383 e. The molecule has 0 spiro atoms. The molecule has 1 aliphatic carbocycles. The molecule has 2 atom stereocenters. The van der Waals surface area contributed by atoms with Crippen molar-refractivity contribution in [1.29, 1.82) is 0 Å². The fraction of sp³-hybridized carbons (Fsp3) is 0.571. The standard InChI is InChI=1S/C21H29N5O/c1-15-7-8-19(22-9-15)21(27)17-5-4-6-18(21)14-26(13-17)12-16-10-23-20(24-11-16)25(2)3/h7-11,17-18,27H,4-6,12-14H2,1-3H3. The number of pyridine rings is 1. The maximum Gasteiger partial charge on any atom is 0.224 e. The molecular formula is C21H29N5O.